The summed E-state index contributed by atoms with van der Waals surface area (Å²) in [6, 6.07) is 0. The summed E-state index contributed by atoms with van der Waals surface area (Å²) >= 11 is 0. The third kappa shape index (κ3) is 11.4. The molecule has 0 saturated carbocycles. The van der Waals surface area contributed by atoms with Crippen molar-refractivity contribution < 1.29 is 154 Å². The summed E-state index contributed by atoms with van der Waals surface area (Å²) in [5, 5.41) is 207. The average molecular weight is 991 g/mol. The van der Waals surface area contributed by atoms with Crippen molar-refractivity contribution in [3.63, 3.8) is 0 Å². The highest BCUT2D eigenvalue weighted by molar-refractivity contribution is 4.99. The second kappa shape index (κ2) is 23.1. The number of rotatable bonds is 17. The Balaban J connectivity index is 1.03. The summed E-state index contributed by atoms with van der Waals surface area (Å²) in [6.07, 6.45) is -51.4. The Hall–Kier alpha value is -1.24. The summed E-state index contributed by atoms with van der Waals surface area (Å²) in [5.41, 5.74) is 0. The number of aliphatic hydroxyl groups excluding tert-OH is 20. The molecule has 20 N–H and O–H groups in total. The van der Waals surface area contributed by atoms with E-state index in [2.05, 4.69) is 0 Å². The Kier molecular flexibility index (Phi) is 19.0. The van der Waals surface area contributed by atoms with Crippen LogP contribution < -0.4 is 0 Å². The van der Waals surface area contributed by atoms with Crippen molar-refractivity contribution in [1.29, 1.82) is 0 Å². The third-order valence-electron chi connectivity index (χ3n) is 12.4. The standard InChI is InChI=1S/C36H62O31/c37-1-8-14(40)20(46)25(51)31(61-8)57-3-10-15(41)21(47)26(52)32(62-10)58-4-11-16(42)22(48)27(53)33(63-11)59-5-12-17(43)23(49)28(54)34(64-12)60-6-13-18(44)24(50)29(55)35(65-13)67-36(7-39)30(56)19(45)9(2-38)66-36/h8-35,37-56H,1-7H2/t8-,9-,10-,11-,12-,13-,14-,15-,16-,17-,18+,19+,20+,21+,22+,23+,24+,25-,26-,27-,28-,29-,30+,31+,32+,33+,34+,35-,36+/m1/s1. The van der Waals surface area contributed by atoms with Crippen molar-refractivity contribution in [2.45, 2.75) is 178 Å². The first-order valence-corrected chi connectivity index (χ1v) is 21.1. The van der Waals surface area contributed by atoms with Crippen LogP contribution in [0.5, 0.6) is 0 Å². The molecule has 6 heterocycles. The van der Waals surface area contributed by atoms with Crippen LogP contribution in [0.25, 0.3) is 0 Å². The molecule has 6 aliphatic heterocycles. The lowest BCUT2D eigenvalue weighted by Gasteiger charge is -2.45. The van der Waals surface area contributed by atoms with Gasteiger partial charge in [-0.3, -0.25) is 0 Å². The lowest BCUT2D eigenvalue weighted by molar-refractivity contribution is -0.388. The number of hydrogen-bond donors (Lipinski definition) is 20. The summed E-state index contributed by atoms with van der Waals surface area (Å²) in [6.45, 7) is -5.90. The van der Waals surface area contributed by atoms with Crippen molar-refractivity contribution >= 4 is 0 Å². The molecule has 31 heteroatoms. The Morgan fingerprint density at radius 3 is 0.851 bits per heavy atom. The smallest absolute Gasteiger partial charge is 0.224 e. The first kappa shape index (κ1) is 55.1. The van der Waals surface area contributed by atoms with E-state index < -0.39 is 224 Å². The third-order valence-corrected chi connectivity index (χ3v) is 12.4. The molecule has 0 radical (unpaired) electrons. The van der Waals surface area contributed by atoms with E-state index in [9.17, 15) is 102 Å². The Morgan fingerprint density at radius 1 is 0.299 bits per heavy atom. The molecule has 0 amide bonds. The molecule has 31 nitrogen and oxygen atoms in total. The highest BCUT2D eigenvalue weighted by Gasteiger charge is 2.59. The van der Waals surface area contributed by atoms with Crippen LogP contribution in [0.3, 0.4) is 0 Å². The van der Waals surface area contributed by atoms with Crippen molar-refractivity contribution in [3.8, 4) is 0 Å². The van der Waals surface area contributed by atoms with Gasteiger partial charge in [0.05, 0.1) is 39.6 Å². The topological polar surface area (TPSA) is 506 Å². The predicted molar refractivity (Wildman–Crippen MR) is 199 cm³/mol. The molecule has 0 aromatic carbocycles. The van der Waals surface area contributed by atoms with E-state index in [1.54, 1.807) is 0 Å². The Morgan fingerprint density at radius 2 is 0.567 bits per heavy atom. The van der Waals surface area contributed by atoms with Gasteiger partial charge < -0.3 is 154 Å². The minimum Gasteiger partial charge on any atom is -0.394 e. The molecule has 0 unspecified atom stereocenters. The molecular formula is C36H62O31. The van der Waals surface area contributed by atoms with E-state index in [4.69, 9.17) is 52.1 Å². The summed E-state index contributed by atoms with van der Waals surface area (Å²) < 4.78 is 60.1. The van der Waals surface area contributed by atoms with Crippen molar-refractivity contribution in [1.82, 2.24) is 0 Å². The van der Waals surface area contributed by atoms with E-state index in [0.29, 0.717) is 0 Å². The molecule has 0 bridgehead atoms. The van der Waals surface area contributed by atoms with Gasteiger partial charge in [0.15, 0.2) is 31.5 Å². The van der Waals surface area contributed by atoms with Crippen LogP contribution in [-0.4, -0.2) is 326 Å². The molecule has 6 rings (SSSR count). The molecule has 6 saturated heterocycles. The Bertz CT molecular complexity index is 1520. The van der Waals surface area contributed by atoms with Gasteiger partial charge in [0.25, 0.3) is 0 Å². The van der Waals surface area contributed by atoms with Gasteiger partial charge in [-0.05, 0) is 0 Å². The van der Waals surface area contributed by atoms with Gasteiger partial charge in [-0.15, -0.1) is 0 Å². The number of ether oxygens (including phenoxy) is 11. The molecule has 392 valence electrons. The summed E-state index contributed by atoms with van der Waals surface area (Å²) in [7, 11) is 0. The fourth-order valence-electron chi connectivity index (χ4n) is 8.16. The fourth-order valence-corrected chi connectivity index (χ4v) is 8.16. The maximum absolute atomic E-state index is 10.7. The first-order chi connectivity index (χ1) is 31.6. The number of aliphatic hydroxyl groups is 20. The van der Waals surface area contributed by atoms with Crippen molar-refractivity contribution in [2.24, 2.45) is 0 Å². The molecule has 6 aliphatic rings. The van der Waals surface area contributed by atoms with E-state index >= 15 is 0 Å². The van der Waals surface area contributed by atoms with Gasteiger partial charge in [-0.2, -0.15) is 0 Å². The zero-order chi connectivity index (χ0) is 49.4. The highest BCUT2D eigenvalue weighted by Crippen LogP contribution is 2.37. The second-order valence-corrected chi connectivity index (χ2v) is 17.0. The van der Waals surface area contributed by atoms with Gasteiger partial charge in [0.2, 0.25) is 5.79 Å². The zero-order valence-corrected chi connectivity index (χ0v) is 35.1. The minimum absolute atomic E-state index is 0.699. The average Bonchev–Trinajstić information content (AvgIpc) is 3.56. The van der Waals surface area contributed by atoms with E-state index in [1.165, 1.54) is 0 Å². The van der Waals surface area contributed by atoms with Gasteiger partial charge in [-0.25, -0.2) is 0 Å². The normalized spacial score (nSPS) is 53.2. The number of hydrogen-bond acceptors (Lipinski definition) is 31. The minimum atomic E-state index is -2.50. The molecule has 6 fully saturated rings. The van der Waals surface area contributed by atoms with Crippen molar-refractivity contribution in [2.75, 3.05) is 46.2 Å². The van der Waals surface area contributed by atoms with Gasteiger partial charge in [-0.1, -0.05) is 0 Å². The largest absolute Gasteiger partial charge is 0.394 e. The van der Waals surface area contributed by atoms with Gasteiger partial charge in [0, 0.05) is 0 Å². The Labute approximate surface area is 378 Å². The zero-order valence-electron chi connectivity index (χ0n) is 35.1. The maximum Gasteiger partial charge on any atom is 0.224 e. The van der Waals surface area contributed by atoms with E-state index in [1.807, 2.05) is 0 Å². The fraction of sp³-hybridized carbons (Fsp3) is 1.00. The van der Waals surface area contributed by atoms with Crippen LogP contribution in [0.4, 0.5) is 0 Å². The molecular weight excluding hydrogens is 928 g/mol. The SMILES string of the molecule is OC[C@H]1O[C@H](OC[C@H]2O[C@H](OC[C@H]3O[C@H](OC[C@H]4O[C@H](OC[C@H]5O[C@H](O[C@]6(CO)O[C@H](CO)[C@H](O)[C@@H]6O)[C@H](O)[C@@H](O)[C@H]5O)[C@H](O)[C@@H](O)[C@@H]4O)[C@H](O)[C@@H](O)[C@@H]3O)[C@H](O)[C@@H](O)[C@@H]2O)[C@H](O)[C@@H](O)[C@@H]1O. The van der Waals surface area contributed by atoms with Gasteiger partial charge in [0.1, 0.15) is 147 Å². The molecule has 0 aromatic rings. The van der Waals surface area contributed by atoms with E-state index in [-0.39, 0.29) is 0 Å². The van der Waals surface area contributed by atoms with Crippen molar-refractivity contribution in [3.05, 3.63) is 0 Å². The van der Waals surface area contributed by atoms with Crippen LogP contribution in [0.2, 0.25) is 0 Å². The molecule has 67 heavy (non-hydrogen) atoms. The van der Waals surface area contributed by atoms with Crippen LogP contribution >= 0.6 is 0 Å². The van der Waals surface area contributed by atoms with Crippen LogP contribution in [0.1, 0.15) is 0 Å². The monoisotopic (exact) mass is 990 g/mol. The molecule has 0 aromatic heterocycles. The molecule has 0 spiro atoms. The van der Waals surface area contributed by atoms with Crippen LogP contribution in [0.15, 0.2) is 0 Å². The molecule has 29 atom stereocenters. The first-order valence-electron chi connectivity index (χ1n) is 21.1. The van der Waals surface area contributed by atoms with Gasteiger partial charge >= 0.3 is 0 Å². The predicted octanol–water partition coefficient (Wildman–Crippen LogP) is -14.1. The quantitative estimate of drug-likeness (QED) is 0.0643. The lowest BCUT2D eigenvalue weighted by atomic mass is 9.97. The summed E-state index contributed by atoms with van der Waals surface area (Å²) in [5.74, 6) is -2.50. The van der Waals surface area contributed by atoms with E-state index in [0.717, 1.165) is 0 Å². The van der Waals surface area contributed by atoms with Crippen LogP contribution in [0, 0.1) is 0 Å². The summed E-state index contributed by atoms with van der Waals surface area (Å²) in [4.78, 5) is 0. The molecule has 0 aliphatic carbocycles. The highest BCUT2D eigenvalue weighted by atomic mass is 16.8. The lowest BCUT2D eigenvalue weighted by Crippen LogP contribution is -2.64. The van der Waals surface area contributed by atoms with Crippen LogP contribution in [-0.2, 0) is 52.1 Å². The maximum atomic E-state index is 10.7. The second-order valence-electron chi connectivity index (χ2n) is 17.0.